The maximum absolute atomic E-state index is 13.5. The summed E-state index contributed by atoms with van der Waals surface area (Å²) >= 11 is 1.22. The molecule has 0 bridgehead atoms. The number of rotatable bonds is 2. The molecule has 3 N–H and O–H groups in total. The number of amides is 1. The molecule has 0 aliphatic rings. The monoisotopic (exact) mass is 268 g/mol. The number of nitrogens with one attached hydrogen (secondary N) is 1. The third-order valence-electron chi connectivity index (χ3n) is 2.43. The second-order valence-corrected chi connectivity index (χ2v) is 4.63. The van der Waals surface area contributed by atoms with Crippen molar-refractivity contribution < 1.29 is 13.6 Å². The topological polar surface area (TPSA) is 55.1 Å². The predicted octanol–water partition coefficient (Wildman–Crippen LogP) is 3.17. The fraction of sp³-hybridized carbons (Fsp3) is 0.0833. The van der Waals surface area contributed by atoms with Crippen LogP contribution in [0.4, 0.5) is 20.2 Å². The third kappa shape index (κ3) is 2.19. The Balaban J connectivity index is 2.33. The minimum atomic E-state index is -1.16. The molecule has 1 amide bonds. The molecule has 1 aromatic heterocycles. The van der Waals surface area contributed by atoms with Crippen molar-refractivity contribution in [2.24, 2.45) is 0 Å². The zero-order valence-corrected chi connectivity index (χ0v) is 10.3. The van der Waals surface area contributed by atoms with Crippen LogP contribution >= 0.6 is 11.3 Å². The second kappa shape index (κ2) is 4.73. The first-order valence-electron chi connectivity index (χ1n) is 5.09. The molecule has 18 heavy (non-hydrogen) atoms. The number of carbonyl (C=O) groups is 1. The molecule has 2 rings (SSSR count). The highest BCUT2D eigenvalue weighted by atomic mass is 32.1. The lowest BCUT2D eigenvalue weighted by Gasteiger charge is -2.09. The Morgan fingerprint density at radius 3 is 2.67 bits per heavy atom. The first kappa shape index (κ1) is 12.5. The maximum atomic E-state index is 13.5. The predicted molar refractivity (Wildman–Crippen MR) is 67.8 cm³/mol. The van der Waals surface area contributed by atoms with E-state index in [4.69, 9.17) is 5.73 Å². The van der Waals surface area contributed by atoms with Crippen LogP contribution < -0.4 is 11.1 Å². The summed E-state index contributed by atoms with van der Waals surface area (Å²) in [6.45, 7) is 1.76. The van der Waals surface area contributed by atoms with Crippen LogP contribution in [-0.4, -0.2) is 5.91 Å². The quantitative estimate of drug-likeness (QED) is 0.822. The summed E-state index contributed by atoms with van der Waals surface area (Å²) in [5, 5.41) is 4.04. The summed E-state index contributed by atoms with van der Waals surface area (Å²) in [6.07, 6.45) is 0. The number of halogens is 2. The van der Waals surface area contributed by atoms with Crippen molar-refractivity contribution >= 4 is 28.6 Å². The van der Waals surface area contributed by atoms with Gasteiger partial charge in [-0.2, -0.15) is 0 Å². The lowest BCUT2D eigenvalue weighted by molar-refractivity contribution is 0.102. The van der Waals surface area contributed by atoms with Crippen LogP contribution in [-0.2, 0) is 0 Å². The Bertz CT molecular complexity index is 610. The third-order valence-corrected chi connectivity index (χ3v) is 3.45. The number of thiophene rings is 1. The lowest BCUT2D eigenvalue weighted by atomic mass is 10.2. The average Bonchev–Trinajstić information content (AvgIpc) is 2.76. The van der Waals surface area contributed by atoms with E-state index >= 15 is 0 Å². The molecule has 0 fully saturated rings. The Kier molecular flexibility index (Phi) is 3.29. The Morgan fingerprint density at radius 1 is 1.33 bits per heavy atom. The molecule has 0 spiro atoms. The van der Waals surface area contributed by atoms with Gasteiger partial charge in [0.2, 0.25) is 0 Å². The largest absolute Gasteiger partial charge is 0.397 e. The van der Waals surface area contributed by atoms with E-state index in [1.54, 1.807) is 18.4 Å². The van der Waals surface area contributed by atoms with E-state index in [0.29, 0.717) is 4.88 Å². The van der Waals surface area contributed by atoms with Crippen LogP contribution in [0.25, 0.3) is 0 Å². The van der Waals surface area contributed by atoms with Crippen LogP contribution in [0.1, 0.15) is 15.2 Å². The Labute approximate surface area is 106 Å². The van der Waals surface area contributed by atoms with E-state index in [9.17, 15) is 13.6 Å². The van der Waals surface area contributed by atoms with Crippen molar-refractivity contribution in [2.75, 3.05) is 11.1 Å². The summed E-state index contributed by atoms with van der Waals surface area (Å²) in [6, 6.07) is 3.89. The first-order chi connectivity index (χ1) is 8.50. The standard InChI is InChI=1S/C12H10F2N2OS/c1-6-4-5-18-11(6)12(17)16-10-8(15)3-2-7(13)9(10)14/h2-5H,15H2,1H3,(H,16,17). The fourth-order valence-corrected chi connectivity index (χ4v) is 2.29. The van der Waals surface area contributed by atoms with E-state index < -0.39 is 17.5 Å². The van der Waals surface area contributed by atoms with Gasteiger partial charge in [0.1, 0.15) is 5.69 Å². The van der Waals surface area contributed by atoms with Gasteiger partial charge in [-0.3, -0.25) is 4.79 Å². The van der Waals surface area contributed by atoms with Crippen LogP contribution in [0.5, 0.6) is 0 Å². The van der Waals surface area contributed by atoms with Crippen molar-refractivity contribution in [3.05, 3.63) is 45.7 Å². The molecule has 0 radical (unpaired) electrons. The van der Waals surface area contributed by atoms with Gasteiger partial charge in [0.05, 0.1) is 10.6 Å². The van der Waals surface area contributed by atoms with Crippen LogP contribution in [0.2, 0.25) is 0 Å². The van der Waals surface area contributed by atoms with E-state index in [0.717, 1.165) is 11.6 Å². The molecule has 0 saturated carbocycles. The summed E-state index contributed by atoms with van der Waals surface area (Å²) in [7, 11) is 0. The molecular formula is C12H10F2N2OS. The van der Waals surface area contributed by atoms with Gasteiger partial charge >= 0.3 is 0 Å². The number of nitrogen functional groups attached to an aromatic ring is 1. The van der Waals surface area contributed by atoms with Crippen molar-refractivity contribution in [1.29, 1.82) is 0 Å². The van der Waals surface area contributed by atoms with E-state index in [1.165, 1.54) is 17.4 Å². The number of carbonyl (C=O) groups excluding carboxylic acids is 1. The maximum Gasteiger partial charge on any atom is 0.266 e. The number of hydrogen-bond acceptors (Lipinski definition) is 3. The van der Waals surface area contributed by atoms with E-state index in [2.05, 4.69) is 5.32 Å². The van der Waals surface area contributed by atoms with Gasteiger partial charge in [-0.15, -0.1) is 11.3 Å². The molecule has 2 aromatic rings. The van der Waals surface area contributed by atoms with Crippen molar-refractivity contribution in [2.45, 2.75) is 6.92 Å². The SMILES string of the molecule is Cc1ccsc1C(=O)Nc1c(N)ccc(F)c1F. The van der Waals surface area contributed by atoms with Gasteiger partial charge in [0, 0.05) is 0 Å². The van der Waals surface area contributed by atoms with Gasteiger partial charge < -0.3 is 11.1 Å². The van der Waals surface area contributed by atoms with Crippen LogP contribution in [0, 0.1) is 18.6 Å². The number of nitrogens with two attached hydrogens (primary N) is 1. The second-order valence-electron chi connectivity index (χ2n) is 3.71. The molecule has 0 unspecified atom stereocenters. The number of benzene rings is 1. The van der Waals surface area contributed by atoms with Crippen molar-refractivity contribution in [1.82, 2.24) is 0 Å². The van der Waals surface area contributed by atoms with E-state index in [-0.39, 0.29) is 11.4 Å². The molecule has 3 nitrogen and oxygen atoms in total. The minimum Gasteiger partial charge on any atom is -0.397 e. The number of aryl methyl sites for hydroxylation is 1. The van der Waals surface area contributed by atoms with Gasteiger partial charge in [0.15, 0.2) is 11.6 Å². The molecule has 0 atom stereocenters. The zero-order valence-electron chi connectivity index (χ0n) is 9.46. The molecular weight excluding hydrogens is 258 g/mol. The summed E-state index contributed by atoms with van der Waals surface area (Å²) < 4.78 is 26.6. The molecule has 94 valence electrons. The molecule has 1 aromatic carbocycles. The molecule has 0 saturated heterocycles. The highest BCUT2D eigenvalue weighted by Crippen LogP contribution is 2.26. The van der Waals surface area contributed by atoms with Crippen LogP contribution in [0.3, 0.4) is 0 Å². The smallest absolute Gasteiger partial charge is 0.266 e. The van der Waals surface area contributed by atoms with Crippen LogP contribution in [0.15, 0.2) is 23.6 Å². The zero-order chi connectivity index (χ0) is 13.3. The molecule has 6 heteroatoms. The summed E-state index contributed by atoms with van der Waals surface area (Å²) in [5.74, 6) is -2.71. The normalized spacial score (nSPS) is 10.4. The Morgan fingerprint density at radius 2 is 2.06 bits per heavy atom. The number of anilines is 2. The summed E-state index contributed by atoms with van der Waals surface area (Å²) in [5.41, 5.74) is 5.94. The highest BCUT2D eigenvalue weighted by molar-refractivity contribution is 7.12. The fourth-order valence-electron chi connectivity index (χ4n) is 1.47. The van der Waals surface area contributed by atoms with Gasteiger partial charge in [-0.25, -0.2) is 8.78 Å². The van der Waals surface area contributed by atoms with Gasteiger partial charge in [-0.05, 0) is 36.1 Å². The number of hydrogen-bond donors (Lipinski definition) is 2. The van der Waals surface area contributed by atoms with Gasteiger partial charge in [-0.1, -0.05) is 0 Å². The summed E-state index contributed by atoms with van der Waals surface area (Å²) in [4.78, 5) is 12.3. The highest BCUT2D eigenvalue weighted by Gasteiger charge is 2.17. The first-order valence-corrected chi connectivity index (χ1v) is 5.97. The van der Waals surface area contributed by atoms with Gasteiger partial charge in [0.25, 0.3) is 5.91 Å². The van der Waals surface area contributed by atoms with E-state index in [1.807, 2.05) is 0 Å². The average molecular weight is 268 g/mol. The van der Waals surface area contributed by atoms with Crippen molar-refractivity contribution in [3.8, 4) is 0 Å². The minimum absolute atomic E-state index is 0.0172. The molecule has 0 aliphatic carbocycles. The molecule has 1 heterocycles. The van der Waals surface area contributed by atoms with Crippen molar-refractivity contribution in [3.63, 3.8) is 0 Å². The lowest BCUT2D eigenvalue weighted by Crippen LogP contribution is -2.14. The Hall–Kier alpha value is -1.95. The molecule has 0 aliphatic heterocycles.